The summed E-state index contributed by atoms with van der Waals surface area (Å²) in [5.74, 6) is 0.337. The van der Waals surface area contributed by atoms with Gasteiger partial charge in [-0.05, 0) is 51.2 Å². The van der Waals surface area contributed by atoms with Crippen molar-refractivity contribution in [3.63, 3.8) is 0 Å². The third-order valence-corrected chi connectivity index (χ3v) is 4.15. The molecule has 26 heavy (non-hydrogen) atoms. The fourth-order valence-corrected chi connectivity index (χ4v) is 2.58. The molecule has 0 fully saturated rings. The van der Waals surface area contributed by atoms with E-state index < -0.39 is 0 Å². The molecule has 1 aromatic carbocycles. The topological polar surface area (TPSA) is 59.1 Å². The van der Waals surface area contributed by atoms with E-state index >= 15 is 0 Å². The largest absolute Gasteiger partial charge is 0.491 e. The van der Waals surface area contributed by atoms with Crippen LogP contribution in [0.1, 0.15) is 44.5 Å². The van der Waals surface area contributed by atoms with Crippen molar-refractivity contribution < 1.29 is 19.1 Å². The quantitative estimate of drug-likeness (QED) is 0.565. The summed E-state index contributed by atoms with van der Waals surface area (Å²) in [5.41, 5.74) is 0.588. The summed E-state index contributed by atoms with van der Waals surface area (Å²) in [4.78, 5) is 28.3. The Kier molecular flexibility index (Phi) is 9.73. The minimum absolute atomic E-state index is 0.0853. The predicted molar refractivity (Wildman–Crippen MR) is 103 cm³/mol. The van der Waals surface area contributed by atoms with Crippen molar-refractivity contribution in [3.8, 4) is 5.75 Å². The number of hydrogen-bond donors (Lipinski definition) is 0. The molecule has 0 radical (unpaired) electrons. The van der Waals surface area contributed by atoms with Gasteiger partial charge in [-0.2, -0.15) is 0 Å². The van der Waals surface area contributed by atoms with Crippen LogP contribution in [-0.2, 0) is 9.53 Å². The molecule has 0 aliphatic rings. The van der Waals surface area contributed by atoms with Crippen LogP contribution < -0.4 is 4.74 Å². The van der Waals surface area contributed by atoms with Crippen LogP contribution >= 0.6 is 0 Å². The van der Waals surface area contributed by atoms with Crippen molar-refractivity contribution in [1.82, 2.24) is 9.80 Å². The minimum atomic E-state index is -0.314. The molecule has 146 valence electrons. The van der Waals surface area contributed by atoms with Gasteiger partial charge in [-0.3, -0.25) is 9.59 Å². The number of carbonyl (C=O) groups excluding carboxylic acids is 2. The summed E-state index contributed by atoms with van der Waals surface area (Å²) < 4.78 is 10.3. The summed E-state index contributed by atoms with van der Waals surface area (Å²) in [6.07, 6.45) is 0.275. The van der Waals surface area contributed by atoms with E-state index in [9.17, 15) is 9.59 Å². The first-order chi connectivity index (χ1) is 12.4. The van der Waals surface area contributed by atoms with Gasteiger partial charge in [-0.25, -0.2) is 0 Å². The average Bonchev–Trinajstić information content (AvgIpc) is 2.64. The normalized spacial score (nSPS) is 10.9. The maximum Gasteiger partial charge on any atom is 0.307 e. The Labute approximate surface area is 157 Å². The molecule has 0 unspecified atom stereocenters. The van der Waals surface area contributed by atoms with Gasteiger partial charge in [0.1, 0.15) is 5.75 Å². The fraction of sp³-hybridized carbons (Fsp3) is 0.600. The molecule has 0 spiro atoms. The first-order valence-corrected chi connectivity index (χ1v) is 9.26. The van der Waals surface area contributed by atoms with Gasteiger partial charge in [-0.1, -0.05) is 13.8 Å². The van der Waals surface area contributed by atoms with E-state index in [4.69, 9.17) is 9.47 Å². The fourth-order valence-electron chi connectivity index (χ4n) is 2.58. The van der Waals surface area contributed by atoms with Crippen molar-refractivity contribution in [2.75, 3.05) is 39.8 Å². The number of hydrogen-bond acceptors (Lipinski definition) is 5. The van der Waals surface area contributed by atoms with E-state index in [-0.39, 0.29) is 24.4 Å². The van der Waals surface area contributed by atoms with E-state index in [1.165, 1.54) is 7.11 Å². The van der Waals surface area contributed by atoms with Crippen molar-refractivity contribution >= 4 is 11.9 Å². The smallest absolute Gasteiger partial charge is 0.307 e. The summed E-state index contributed by atoms with van der Waals surface area (Å²) in [6.45, 7) is 11.7. The Morgan fingerprint density at radius 3 is 2.12 bits per heavy atom. The molecule has 1 aromatic rings. The Balaban J connectivity index is 2.82. The second-order valence-corrected chi connectivity index (χ2v) is 6.34. The van der Waals surface area contributed by atoms with Gasteiger partial charge in [0.25, 0.3) is 5.91 Å². The van der Waals surface area contributed by atoms with E-state index in [0.717, 1.165) is 25.4 Å². The lowest BCUT2D eigenvalue weighted by molar-refractivity contribution is -0.140. The highest BCUT2D eigenvalue weighted by Crippen LogP contribution is 2.15. The van der Waals surface area contributed by atoms with Gasteiger partial charge in [0, 0.05) is 25.2 Å². The van der Waals surface area contributed by atoms with Crippen LogP contribution in [0.25, 0.3) is 0 Å². The number of ether oxygens (including phenoxy) is 2. The summed E-state index contributed by atoms with van der Waals surface area (Å²) >= 11 is 0. The maximum absolute atomic E-state index is 12.9. The zero-order chi connectivity index (χ0) is 19.5. The van der Waals surface area contributed by atoms with E-state index in [2.05, 4.69) is 18.7 Å². The molecule has 0 N–H and O–H groups in total. The van der Waals surface area contributed by atoms with Crippen LogP contribution in [0.4, 0.5) is 0 Å². The molecule has 6 heteroatoms. The van der Waals surface area contributed by atoms with Crippen LogP contribution in [0.3, 0.4) is 0 Å². The Morgan fingerprint density at radius 1 is 1.00 bits per heavy atom. The van der Waals surface area contributed by atoms with Crippen LogP contribution in [0.2, 0.25) is 0 Å². The van der Waals surface area contributed by atoms with Gasteiger partial charge >= 0.3 is 5.97 Å². The first-order valence-electron chi connectivity index (χ1n) is 9.26. The number of likely N-dealkylation sites (N-methyl/N-ethyl adjacent to an activating group) is 1. The second kappa shape index (κ2) is 11.5. The van der Waals surface area contributed by atoms with Gasteiger partial charge in [-0.15, -0.1) is 0 Å². The molecule has 0 aromatic heterocycles. The van der Waals surface area contributed by atoms with Crippen molar-refractivity contribution in [1.29, 1.82) is 0 Å². The van der Waals surface area contributed by atoms with Crippen LogP contribution in [0.15, 0.2) is 24.3 Å². The Bertz CT molecular complexity index is 553. The lowest BCUT2D eigenvalue weighted by Crippen LogP contribution is -2.39. The molecule has 0 bridgehead atoms. The lowest BCUT2D eigenvalue weighted by atomic mass is 10.2. The number of nitrogens with zero attached hydrogens (tertiary/aromatic N) is 2. The third-order valence-electron chi connectivity index (χ3n) is 4.15. The second-order valence-electron chi connectivity index (χ2n) is 6.34. The summed E-state index contributed by atoms with van der Waals surface area (Å²) in [6, 6.07) is 7.14. The number of benzene rings is 1. The minimum Gasteiger partial charge on any atom is -0.491 e. The van der Waals surface area contributed by atoms with Crippen LogP contribution in [0, 0.1) is 0 Å². The number of amides is 1. The number of rotatable bonds is 11. The Morgan fingerprint density at radius 2 is 1.62 bits per heavy atom. The van der Waals surface area contributed by atoms with Crippen LogP contribution in [0.5, 0.6) is 5.75 Å². The van der Waals surface area contributed by atoms with Crippen molar-refractivity contribution in [2.45, 2.75) is 40.2 Å². The molecule has 1 rings (SSSR count). The van der Waals surface area contributed by atoms with E-state index in [1.54, 1.807) is 29.2 Å². The molecular formula is C20H32N2O4. The van der Waals surface area contributed by atoms with Crippen molar-refractivity contribution in [2.24, 2.45) is 0 Å². The van der Waals surface area contributed by atoms with E-state index in [0.29, 0.717) is 18.7 Å². The number of methoxy groups -OCH3 is 1. The molecule has 0 saturated heterocycles. The number of carbonyl (C=O) groups is 2. The molecule has 0 aliphatic heterocycles. The first kappa shape index (κ1) is 22.0. The lowest BCUT2D eigenvalue weighted by Gasteiger charge is -2.26. The molecule has 0 saturated carbocycles. The van der Waals surface area contributed by atoms with Crippen LogP contribution in [-0.4, -0.2) is 67.6 Å². The summed E-state index contributed by atoms with van der Waals surface area (Å²) in [5, 5.41) is 0. The van der Waals surface area contributed by atoms with Gasteiger partial charge in [0.05, 0.1) is 19.6 Å². The standard InChI is InChI=1S/C20H32N2O4/c1-6-21(7-2)14-15-22(13-12-19(23)25-5)20(24)17-8-10-18(11-9-17)26-16(3)4/h8-11,16H,6-7,12-15H2,1-5H3. The third kappa shape index (κ3) is 7.44. The zero-order valence-electron chi connectivity index (χ0n) is 16.7. The molecular weight excluding hydrogens is 332 g/mol. The molecule has 0 heterocycles. The summed E-state index contributed by atoms with van der Waals surface area (Å²) in [7, 11) is 1.36. The highest BCUT2D eigenvalue weighted by atomic mass is 16.5. The predicted octanol–water partition coefficient (Wildman–Crippen LogP) is 2.82. The monoisotopic (exact) mass is 364 g/mol. The van der Waals surface area contributed by atoms with Gasteiger partial charge in [0.2, 0.25) is 0 Å². The highest BCUT2D eigenvalue weighted by molar-refractivity contribution is 5.94. The number of esters is 1. The molecule has 6 nitrogen and oxygen atoms in total. The maximum atomic E-state index is 12.9. The zero-order valence-corrected chi connectivity index (χ0v) is 16.7. The van der Waals surface area contributed by atoms with Gasteiger partial charge in [0.15, 0.2) is 0 Å². The van der Waals surface area contributed by atoms with Crippen molar-refractivity contribution in [3.05, 3.63) is 29.8 Å². The SMILES string of the molecule is CCN(CC)CCN(CCC(=O)OC)C(=O)c1ccc(OC(C)C)cc1. The molecule has 0 aliphatic carbocycles. The highest BCUT2D eigenvalue weighted by Gasteiger charge is 2.18. The van der Waals surface area contributed by atoms with Gasteiger partial charge < -0.3 is 19.3 Å². The Hall–Kier alpha value is -2.08. The molecule has 1 amide bonds. The average molecular weight is 364 g/mol. The molecule has 0 atom stereocenters. The van der Waals surface area contributed by atoms with E-state index in [1.807, 2.05) is 13.8 Å².